The van der Waals surface area contributed by atoms with E-state index in [0.29, 0.717) is 6.42 Å². The van der Waals surface area contributed by atoms with E-state index >= 15 is 0 Å². The second kappa shape index (κ2) is 2.12. The summed E-state index contributed by atoms with van der Waals surface area (Å²) in [6.45, 7) is 2.76. The quantitative estimate of drug-likeness (QED) is 0.585. The lowest BCUT2D eigenvalue weighted by molar-refractivity contribution is 0.0979. The van der Waals surface area contributed by atoms with Crippen molar-refractivity contribution in [3.8, 4) is 0 Å². The third-order valence-electron chi connectivity index (χ3n) is 2.01. The molecule has 0 amide bonds. The molecule has 0 saturated heterocycles. The van der Waals surface area contributed by atoms with Crippen molar-refractivity contribution < 1.29 is 4.79 Å². The van der Waals surface area contributed by atoms with E-state index in [2.05, 4.69) is 10.3 Å². The lowest BCUT2D eigenvalue weighted by atomic mass is 10.1. The summed E-state index contributed by atoms with van der Waals surface area (Å²) in [4.78, 5) is 14.2. The van der Waals surface area contributed by atoms with Crippen molar-refractivity contribution in [1.29, 1.82) is 0 Å². The van der Waals surface area contributed by atoms with E-state index in [-0.39, 0.29) is 5.78 Å². The summed E-state index contributed by atoms with van der Waals surface area (Å²) in [5.74, 6) is 0.215. The van der Waals surface area contributed by atoms with Crippen LogP contribution >= 0.6 is 0 Å². The maximum absolute atomic E-state index is 11.2. The van der Waals surface area contributed by atoms with Crippen LogP contribution in [-0.2, 0) is 0 Å². The van der Waals surface area contributed by atoms with Gasteiger partial charge in [0, 0.05) is 19.2 Å². The molecule has 0 bridgehead atoms. The molecule has 3 heteroatoms. The predicted octanol–water partition coefficient (Wildman–Crippen LogP) is 1.32. The van der Waals surface area contributed by atoms with Crippen LogP contribution in [0.15, 0.2) is 6.20 Å². The molecule has 0 fully saturated rings. The molecule has 11 heavy (non-hydrogen) atoms. The molecular formula is C8H10N2O. The number of aryl methyl sites for hydroxylation is 1. The second-order valence-electron chi connectivity index (χ2n) is 2.82. The second-order valence-corrected chi connectivity index (χ2v) is 2.82. The van der Waals surface area contributed by atoms with Gasteiger partial charge in [0.2, 0.25) is 0 Å². The summed E-state index contributed by atoms with van der Waals surface area (Å²) in [6, 6.07) is 0. The van der Waals surface area contributed by atoms with E-state index in [9.17, 15) is 4.79 Å². The average molecular weight is 150 g/mol. The zero-order chi connectivity index (χ0) is 7.84. The van der Waals surface area contributed by atoms with Gasteiger partial charge in [-0.05, 0) is 12.5 Å². The number of nitrogens with one attached hydrogen (secondary N) is 2. The van der Waals surface area contributed by atoms with Gasteiger partial charge in [0.25, 0.3) is 0 Å². The van der Waals surface area contributed by atoms with Crippen molar-refractivity contribution >= 4 is 11.5 Å². The summed E-state index contributed by atoms with van der Waals surface area (Å²) in [6.07, 6.45) is 2.47. The fourth-order valence-electron chi connectivity index (χ4n) is 1.40. The highest BCUT2D eigenvalue weighted by Crippen LogP contribution is 2.24. The minimum Gasteiger partial charge on any atom is -0.383 e. The van der Waals surface area contributed by atoms with Gasteiger partial charge in [-0.3, -0.25) is 4.79 Å². The van der Waals surface area contributed by atoms with Gasteiger partial charge >= 0.3 is 0 Å². The molecule has 1 aromatic rings. The van der Waals surface area contributed by atoms with E-state index in [1.54, 1.807) is 0 Å². The lowest BCUT2D eigenvalue weighted by Crippen LogP contribution is -2.17. The molecule has 0 unspecified atom stereocenters. The van der Waals surface area contributed by atoms with E-state index in [4.69, 9.17) is 0 Å². The molecule has 2 rings (SSSR count). The monoisotopic (exact) mass is 150 g/mol. The van der Waals surface area contributed by atoms with E-state index in [1.165, 1.54) is 0 Å². The number of H-pyrrole nitrogens is 1. The summed E-state index contributed by atoms with van der Waals surface area (Å²) < 4.78 is 0. The Labute approximate surface area is 64.8 Å². The van der Waals surface area contributed by atoms with E-state index < -0.39 is 0 Å². The van der Waals surface area contributed by atoms with Gasteiger partial charge in [0.05, 0.1) is 5.69 Å². The molecule has 58 valence electrons. The van der Waals surface area contributed by atoms with Gasteiger partial charge < -0.3 is 10.3 Å². The highest BCUT2D eigenvalue weighted by molar-refractivity contribution is 6.02. The molecule has 2 heterocycles. The molecule has 2 N–H and O–H groups in total. The molecule has 1 aliphatic heterocycles. The number of anilines is 1. The highest BCUT2D eigenvalue weighted by Gasteiger charge is 2.19. The first-order valence-corrected chi connectivity index (χ1v) is 3.74. The number of hydrogen-bond acceptors (Lipinski definition) is 2. The van der Waals surface area contributed by atoms with Crippen LogP contribution < -0.4 is 5.32 Å². The zero-order valence-corrected chi connectivity index (χ0v) is 6.40. The smallest absolute Gasteiger partial charge is 0.182 e. The maximum atomic E-state index is 11.2. The Balaban J connectivity index is 2.55. The number of Topliss-reactive ketones (excluding diaryl/α,β-unsaturated/α-hetero) is 1. The van der Waals surface area contributed by atoms with Gasteiger partial charge in [-0.25, -0.2) is 0 Å². The number of hydrogen-bond donors (Lipinski definition) is 2. The molecule has 0 aliphatic carbocycles. The number of ketones is 1. The highest BCUT2D eigenvalue weighted by atomic mass is 16.1. The largest absolute Gasteiger partial charge is 0.383 e. The van der Waals surface area contributed by atoms with Crippen molar-refractivity contribution in [3.05, 3.63) is 17.5 Å². The number of carbonyl (C=O) groups is 1. The van der Waals surface area contributed by atoms with Crippen molar-refractivity contribution in [1.82, 2.24) is 4.98 Å². The number of rotatable bonds is 0. The Morgan fingerprint density at radius 2 is 2.36 bits per heavy atom. The minimum absolute atomic E-state index is 0.215. The fourth-order valence-corrected chi connectivity index (χ4v) is 1.40. The summed E-state index contributed by atoms with van der Waals surface area (Å²) >= 11 is 0. The van der Waals surface area contributed by atoms with Crippen LogP contribution in [-0.4, -0.2) is 17.3 Å². The first kappa shape index (κ1) is 6.46. The SMILES string of the molecule is Cc1c[nH]c2c1NCCC2=O. The third kappa shape index (κ3) is 0.843. The normalized spacial score (nSPS) is 15.9. The van der Waals surface area contributed by atoms with Gasteiger partial charge in [0.1, 0.15) is 5.69 Å². The Bertz CT molecular complexity index is 301. The Morgan fingerprint density at radius 3 is 3.09 bits per heavy atom. The number of fused-ring (bicyclic) bond motifs is 1. The van der Waals surface area contributed by atoms with Crippen molar-refractivity contribution in [2.24, 2.45) is 0 Å². The van der Waals surface area contributed by atoms with Crippen LogP contribution in [0.2, 0.25) is 0 Å². The molecule has 1 aromatic heterocycles. The van der Waals surface area contributed by atoms with Crippen LogP contribution in [0.4, 0.5) is 5.69 Å². The molecule has 1 aliphatic rings. The van der Waals surface area contributed by atoms with Crippen LogP contribution in [0.3, 0.4) is 0 Å². The van der Waals surface area contributed by atoms with Crippen molar-refractivity contribution in [3.63, 3.8) is 0 Å². The zero-order valence-electron chi connectivity index (χ0n) is 6.40. The number of carbonyl (C=O) groups excluding carboxylic acids is 1. The summed E-state index contributed by atoms with van der Waals surface area (Å²) in [5, 5.41) is 3.19. The molecule has 0 aromatic carbocycles. The van der Waals surface area contributed by atoms with E-state index in [1.807, 2.05) is 13.1 Å². The first-order valence-electron chi connectivity index (χ1n) is 3.74. The molecule has 0 spiro atoms. The fraction of sp³-hybridized carbons (Fsp3) is 0.375. The Kier molecular flexibility index (Phi) is 1.24. The Morgan fingerprint density at radius 1 is 1.55 bits per heavy atom. The third-order valence-corrected chi connectivity index (χ3v) is 2.01. The van der Waals surface area contributed by atoms with Gasteiger partial charge in [-0.2, -0.15) is 0 Å². The van der Waals surface area contributed by atoms with Crippen LogP contribution in [0.25, 0.3) is 0 Å². The molecule has 0 radical (unpaired) electrons. The summed E-state index contributed by atoms with van der Waals surface area (Å²) in [5.41, 5.74) is 2.85. The number of aromatic amines is 1. The van der Waals surface area contributed by atoms with Crippen molar-refractivity contribution in [2.75, 3.05) is 11.9 Å². The van der Waals surface area contributed by atoms with Crippen LogP contribution in [0, 0.1) is 6.92 Å². The molecular weight excluding hydrogens is 140 g/mol. The van der Waals surface area contributed by atoms with Gasteiger partial charge in [-0.15, -0.1) is 0 Å². The molecule has 0 atom stereocenters. The van der Waals surface area contributed by atoms with Gasteiger partial charge in [-0.1, -0.05) is 0 Å². The van der Waals surface area contributed by atoms with Crippen LogP contribution in [0.5, 0.6) is 0 Å². The van der Waals surface area contributed by atoms with Gasteiger partial charge in [0.15, 0.2) is 5.78 Å². The Hall–Kier alpha value is -1.25. The summed E-state index contributed by atoms with van der Waals surface area (Å²) in [7, 11) is 0. The molecule has 3 nitrogen and oxygen atoms in total. The number of aromatic nitrogens is 1. The van der Waals surface area contributed by atoms with Crippen LogP contribution in [0.1, 0.15) is 22.5 Å². The molecule has 0 saturated carbocycles. The van der Waals surface area contributed by atoms with E-state index in [0.717, 1.165) is 23.5 Å². The predicted molar refractivity (Wildman–Crippen MR) is 43.0 cm³/mol. The topological polar surface area (TPSA) is 44.9 Å². The maximum Gasteiger partial charge on any atom is 0.182 e. The van der Waals surface area contributed by atoms with Crippen molar-refractivity contribution in [2.45, 2.75) is 13.3 Å². The average Bonchev–Trinajstić information content (AvgIpc) is 2.35. The lowest BCUT2D eigenvalue weighted by Gasteiger charge is -2.12. The first-order chi connectivity index (χ1) is 5.29. The minimum atomic E-state index is 0.215. The standard InChI is InChI=1S/C8H10N2O/c1-5-4-10-8-6(11)2-3-9-7(5)8/h4,9-10H,2-3H2,1H3.